The second-order valence-electron chi connectivity index (χ2n) is 14.2. The number of allylic oxidation sites excluding steroid dienone is 2. The summed E-state index contributed by atoms with van der Waals surface area (Å²) in [5, 5.41) is 5.06. The highest BCUT2D eigenvalue weighted by molar-refractivity contribution is 6.11. The average molecular weight is 790 g/mol. The fourth-order valence-electron chi connectivity index (χ4n) is 8.48. The molecule has 8 rings (SSSR count). The van der Waals surface area contributed by atoms with Crippen molar-refractivity contribution in [1.29, 1.82) is 0 Å². The molecule has 258 valence electrons. The van der Waals surface area contributed by atoms with Crippen molar-refractivity contribution in [2.45, 2.75) is 58.9 Å². The molecule has 1 atom stereocenters. The van der Waals surface area contributed by atoms with Crippen LogP contribution in [0.3, 0.4) is 0 Å². The van der Waals surface area contributed by atoms with E-state index in [0.29, 0.717) is 0 Å². The Labute approximate surface area is 325 Å². The van der Waals surface area contributed by atoms with E-state index in [9.17, 15) is 0 Å². The molecule has 1 aliphatic heterocycles. The molecule has 2 nitrogen and oxygen atoms in total. The highest BCUT2D eigenvalue weighted by Crippen LogP contribution is 2.50. The van der Waals surface area contributed by atoms with Gasteiger partial charge in [-0.15, -0.1) is 0 Å². The second-order valence-corrected chi connectivity index (χ2v) is 14.2. The topological polar surface area (TPSA) is 18.0 Å². The first-order valence-corrected chi connectivity index (χ1v) is 18.5. The van der Waals surface area contributed by atoms with Crippen LogP contribution in [-0.4, -0.2) is 0 Å². The number of pyridine rings is 2. The van der Waals surface area contributed by atoms with Gasteiger partial charge in [-0.05, 0) is 114 Å². The number of aromatic amines is 1. The summed E-state index contributed by atoms with van der Waals surface area (Å²) in [5.41, 5.74) is 14.1. The molecular formula is C49H46IN2+. The van der Waals surface area contributed by atoms with E-state index in [2.05, 4.69) is 184 Å². The highest BCUT2D eigenvalue weighted by Gasteiger charge is 2.53. The molecule has 0 radical (unpaired) electrons. The minimum absolute atomic E-state index is 0. The van der Waals surface area contributed by atoms with Crippen LogP contribution in [-0.2, 0) is 12.0 Å². The molecule has 0 amide bonds. The lowest BCUT2D eigenvalue weighted by molar-refractivity contribution is -0.715. The Hall–Kier alpha value is -4.87. The van der Waals surface area contributed by atoms with Crippen molar-refractivity contribution in [1.82, 2.24) is 0 Å². The molecule has 3 heteroatoms. The van der Waals surface area contributed by atoms with Gasteiger partial charge in [0.1, 0.15) is 0 Å². The molecule has 0 saturated carbocycles. The number of aromatic nitrogens is 2. The van der Waals surface area contributed by atoms with Gasteiger partial charge in [-0.1, -0.05) is 99.7 Å². The maximum absolute atomic E-state index is 4.65. The Bertz CT molecular complexity index is 2490. The minimum Gasteiger partial charge on any atom is -1.00 e. The third kappa shape index (κ3) is 5.89. The summed E-state index contributed by atoms with van der Waals surface area (Å²) in [6, 6.07) is 40.8. The van der Waals surface area contributed by atoms with E-state index in [1.165, 1.54) is 95.7 Å². The van der Waals surface area contributed by atoms with Crippen molar-refractivity contribution in [2.24, 2.45) is 0 Å². The third-order valence-electron chi connectivity index (χ3n) is 10.8. The standard InChI is InChI=1S/C49H45N2.HI/c1-6-9-14-35-16-13-18-38(30-35)39-22-24-45(43(31-39)46-25-20-36(32-50-46)15-10-7-2)49(8-3)47-34(5)28-33(4)29-44(47)48-42-23-21-37-17-11-12-19-40(37)41(42)26-27-51(48)49;/h8-9,11-14,16-32H,3,6-7,10,15H2,1-2,4-5H3;1H/q+1;/b14-9-;. The van der Waals surface area contributed by atoms with Crippen LogP contribution in [0.5, 0.6) is 0 Å². The Morgan fingerprint density at radius 2 is 1.62 bits per heavy atom. The molecule has 7 aromatic rings. The lowest BCUT2D eigenvalue weighted by Gasteiger charge is -2.26. The van der Waals surface area contributed by atoms with Crippen molar-refractivity contribution in [3.05, 3.63) is 174 Å². The van der Waals surface area contributed by atoms with E-state index in [4.69, 9.17) is 0 Å². The number of fused-ring (bicyclic) bond motifs is 7. The summed E-state index contributed by atoms with van der Waals surface area (Å²) in [4.78, 5) is 3.75. The summed E-state index contributed by atoms with van der Waals surface area (Å²) in [7, 11) is 0. The van der Waals surface area contributed by atoms with Crippen LogP contribution in [0.25, 0.3) is 61.3 Å². The van der Waals surface area contributed by atoms with E-state index >= 15 is 0 Å². The number of halogens is 1. The van der Waals surface area contributed by atoms with E-state index in [1.54, 1.807) is 0 Å². The minimum atomic E-state index is -0.642. The number of aryl methyl sites for hydroxylation is 3. The molecular weight excluding hydrogens is 743 g/mol. The van der Waals surface area contributed by atoms with Crippen LogP contribution >= 0.6 is 0 Å². The monoisotopic (exact) mass is 789 g/mol. The van der Waals surface area contributed by atoms with Gasteiger partial charge in [0.15, 0.2) is 12.4 Å². The summed E-state index contributed by atoms with van der Waals surface area (Å²) in [5.74, 6) is 0. The van der Waals surface area contributed by atoms with Gasteiger partial charge in [-0.3, -0.25) is 0 Å². The number of nitrogens with zero attached hydrogens (tertiary/aromatic N) is 1. The second kappa shape index (κ2) is 14.6. The fraction of sp³-hybridized carbons (Fsp3) is 0.184. The van der Waals surface area contributed by atoms with Crippen molar-refractivity contribution in [2.75, 3.05) is 0 Å². The van der Waals surface area contributed by atoms with Gasteiger partial charge in [0.25, 0.3) is 0 Å². The van der Waals surface area contributed by atoms with Crippen LogP contribution in [0.2, 0.25) is 0 Å². The zero-order valence-electron chi connectivity index (χ0n) is 30.6. The smallest absolute Gasteiger partial charge is 0.239 e. The van der Waals surface area contributed by atoms with Crippen LogP contribution in [0.15, 0.2) is 140 Å². The van der Waals surface area contributed by atoms with Gasteiger partial charge in [0.2, 0.25) is 16.9 Å². The fourth-order valence-corrected chi connectivity index (χ4v) is 8.48. The van der Waals surface area contributed by atoms with Crippen LogP contribution in [0.4, 0.5) is 0 Å². The van der Waals surface area contributed by atoms with Crippen molar-refractivity contribution < 1.29 is 33.5 Å². The van der Waals surface area contributed by atoms with Crippen molar-refractivity contribution >= 4 is 27.6 Å². The van der Waals surface area contributed by atoms with Gasteiger partial charge >= 0.3 is 0 Å². The summed E-state index contributed by atoms with van der Waals surface area (Å²) >= 11 is 0. The number of nitrogens with one attached hydrogen (secondary N) is 1. The van der Waals surface area contributed by atoms with Crippen molar-refractivity contribution in [3.63, 3.8) is 0 Å². The van der Waals surface area contributed by atoms with Crippen LogP contribution < -0.4 is 33.5 Å². The number of hydrogen-bond donors (Lipinski definition) is 0. The maximum atomic E-state index is 4.65. The Kier molecular flexibility index (Phi) is 10.00. The summed E-state index contributed by atoms with van der Waals surface area (Å²) in [6.45, 7) is 13.6. The third-order valence-corrected chi connectivity index (χ3v) is 10.8. The molecule has 52 heavy (non-hydrogen) atoms. The summed E-state index contributed by atoms with van der Waals surface area (Å²) in [6.07, 6.45) is 15.6. The van der Waals surface area contributed by atoms with E-state index in [0.717, 1.165) is 18.5 Å². The maximum Gasteiger partial charge on any atom is 0.239 e. The van der Waals surface area contributed by atoms with Gasteiger partial charge < -0.3 is 24.0 Å². The summed E-state index contributed by atoms with van der Waals surface area (Å²) < 4.78 is 2.50. The first-order valence-electron chi connectivity index (χ1n) is 18.5. The molecule has 0 fully saturated rings. The largest absolute Gasteiger partial charge is 1.00 e. The molecule has 0 saturated heterocycles. The number of unbranched alkanes of at least 4 members (excludes halogenated alkanes) is 1. The first-order chi connectivity index (χ1) is 25.0. The SMILES string of the molecule is C=CC1(c2ccc(-c3cccc(/C=C\CC)c3)cc2-c2ccc(CCCC)c[nH+]2)c2c(C)cc(C)cc2-c2c3ccc4ccccc4c3cc[n+]21.[I-]. The molecule has 1 unspecified atom stereocenters. The van der Waals surface area contributed by atoms with E-state index < -0.39 is 5.54 Å². The highest BCUT2D eigenvalue weighted by atomic mass is 127. The molecule has 0 spiro atoms. The molecule has 2 aromatic heterocycles. The van der Waals surface area contributed by atoms with Crippen molar-refractivity contribution in [3.8, 4) is 33.6 Å². The van der Waals surface area contributed by atoms with E-state index in [-0.39, 0.29) is 24.0 Å². The quantitative estimate of drug-likeness (QED) is 0.0603. The van der Waals surface area contributed by atoms with E-state index in [1.807, 2.05) is 0 Å². The molecule has 0 bridgehead atoms. The number of benzene rings is 5. The predicted molar refractivity (Wildman–Crippen MR) is 215 cm³/mol. The molecule has 0 aliphatic carbocycles. The average Bonchev–Trinajstić information content (AvgIpc) is 3.47. The van der Waals surface area contributed by atoms with Gasteiger partial charge in [0, 0.05) is 34.2 Å². The first kappa shape index (κ1) is 35.5. The van der Waals surface area contributed by atoms with Gasteiger partial charge in [-0.25, -0.2) is 4.98 Å². The van der Waals surface area contributed by atoms with Crippen LogP contribution in [0.1, 0.15) is 66.5 Å². The van der Waals surface area contributed by atoms with Crippen LogP contribution in [0, 0.1) is 13.8 Å². The zero-order valence-corrected chi connectivity index (χ0v) is 32.8. The number of rotatable bonds is 9. The van der Waals surface area contributed by atoms with Gasteiger partial charge in [0.05, 0.1) is 16.5 Å². The normalized spacial score (nSPS) is 14.8. The van der Waals surface area contributed by atoms with Gasteiger partial charge in [-0.2, -0.15) is 4.57 Å². The molecule has 5 aromatic carbocycles. The Morgan fingerprint density at radius 1 is 0.769 bits per heavy atom. The molecule has 1 aliphatic rings. The number of H-pyrrole nitrogens is 1. The molecule has 1 N–H and O–H groups in total. The Balaban J connectivity index is 0.00000420. The lowest BCUT2D eigenvalue weighted by Crippen LogP contribution is -3.00. The zero-order chi connectivity index (χ0) is 35.1. The lowest BCUT2D eigenvalue weighted by atomic mass is 9.77. The number of hydrogen-bond acceptors (Lipinski definition) is 0. The molecule has 3 heterocycles. The predicted octanol–water partition coefficient (Wildman–Crippen LogP) is 8.77. The Morgan fingerprint density at radius 3 is 2.40 bits per heavy atom.